The average molecular weight is 419 g/mol. The first-order chi connectivity index (χ1) is 14.6. The van der Waals surface area contributed by atoms with Gasteiger partial charge in [-0.05, 0) is 50.1 Å². The molecule has 6 nitrogen and oxygen atoms in total. The summed E-state index contributed by atoms with van der Waals surface area (Å²) >= 11 is 1.50. The summed E-state index contributed by atoms with van der Waals surface area (Å²) < 4.78 is 2.24. The van der Waals surface area contributed by atoms with Gasteiger partial charge in [0.15, 0.2) is 0 Å². The number of nitrogens with zero attached hydrogens (tertiary/aromatic N) is 2. The van der Waals surface area contributed by atoms with E-state index in [-0.39, 0.29) is 17.1 Å². The van der Waals surface area contributed by atoms with Gasteiger partial charge in [-0.25, -0.2) is 4.98 Å². The van der Waals surface area contributed by atoms with Gasteiger partial charge < -0.3 is 15.2 Å². The second-order valence-electron chi connectivity index (χ2n) is 7.68. The van der Waals surface area contributed by atoms with Crippen LogP contribution in [-0.4, -0.2) is 26.6 Å². The van der Waals surface area contributed by atoms with Crippen molar-refractivity contribution in [3.05, 3.63) is 60.0 Å². The quantitative estimate of drug-likeness (QED) is 0.653. The van der Waals surface area contributed by atoms with Crippen LogP contribution < -0.4 is 10.6 Å². The number of aryl methyl sites for hydroxylation is 2. The van der Waals surface area contributed by atoms with Crippen molar-refractivity contribution in [2.75, 3.05) is 10.6 Å². The molecule has 0 radical (unpaired) electrons. The van der Waals surface area contributed by atoms with Crippen LogP contribution in [0.2, 0.25) is 0 Å². The molecule has 2 aromatic carbocycles. The summed E-state index contributed by atoms with van der Waals surface area (Å²) in [6, 6.07) is 13.1. The van der Waals surface area contributed by atoms with Gasteiger partial charge >= 0.3 is 0 Å². The van der Waals surface area contributed by atoms with Crippen molar-refractivity contribution in [1.82, 2.24) is 9.55 Å². The number of carbonyl (C=O) groups is 2. The Morgan fingerprint density at radius 1 is 1.20 bits per heavy atom. The molecule has 2 aliphatic heterocycles. The maximum Gasteiger partial charge on any atom is 0.255 e. The van der Waals surface area contributed by atoms with E-state index in [9.17, 15) is 9.59 Å². The highest BCUT2D eigenvalue weighted by molar-refractivity contribution is 8.00. The lowest BCUT2D eigenvalue weighted by molar-refractivity contribution is -0.115. The van der Waals surface area contributed by atoms with Crippen molar-refractivity contribution >= 4 is 35.0 Å². The summed E-state index contributed by atoms with van der Waals surface area (Å²) in [5, 5.41) is 5.67. The number of imidazole rings is 1. The van der Waals surface area contributed by atoms with Crippen LogP contribution >= 0.6 is 11.8 Å². The molecule has 5 rings (SSSR count). The van der Waals surface area contributed by atoms with Gasteiger partial charge in [0.1, 0.15) is 5.82 Å². The van der Waals surface area contributed by atoms with Gasteiger partial charge in [-0.3, -0.25) is 9.59 Å². The van der Waals surface area contributed by atoms with Crippen LogP contribution in [0.4, 0.5) is 11.4 Å². The molecule has 0 saturated carbocycles. The number of amides is 2. The maximum atomic E-state index is 12.7. The Bertz CT molecular complexity index is 1110. The molecule has 0 bridgehead atoms. The Morgan fingerprint density at radius 2 is 2.03 bits per heavy atom. The molecule has 152 valence electrons. The third-order valence-electron chi connectivity index (χ3n) is 5.52. The summed E-state index contributed by atoms with van der Waals surface area (Å²) in [7, 11) is 0. The van der Waals surface area contributed by atoms with E-state index in [0.29, 0.717) is 11.3 Å². The molecule has 3 heterocycles. The monoisotopic (exact) mass is 418 g/mol. The molecular formula is C23H22N4O2S. The average Bonchev–Trinajstić information content (AvgIpc) is 3.19. The van der Waals surface area contributed by atoms with Gasteiger partial charge in [-0.1, -0.05) is 12.1 Å². The lowest BCUT2D eigenvalue weighted by Gasteiger charge is -2.21. The molecule has 2 amide bonds. The first kappa shape index (κ1) is 18.9. The van der Waals surface area contributed by atoms with Crippen molar-refractivity contribution in [2.45, 2.75) is 42.9 Å². The van der Waals surface area contributed by atoms with Crippen LogP contribution in [0.5, 0.6) is 0 Å². The molecule has 3 aromatic rings. The van der Waals surface area contributed by atoms with Crippen LogP contribution in [0.15, 0.2) is 53.6 Å². The summed E-state index contributed by atoms with van der Waals surface area (Å²) in [5.74, 6) is 0.906. The predicted octanol–water partition coefficient (Wildman–Crippen LogP) is 4.57. The van der Waals surface area contributed by atoms with E-state index < -0.39 is 0 Å². The van der Waals surface area contributed by atoms with Gasteiger partial charge in [0, 0.05) is 40.9 Å². The molecule has 7 heteroatoms. The topological polar surface area (TPSA) is 76.0 Å². The highest BCUT2D eigenvalue weighted by atomic mass is 32.2. The fourth-order valence-electron chi connectivity index (χ4n) is 3.83. The van der Waals surface area contributed by atoms with Gasteiger partial charge in [-0.15, -0.1) is 11.8 Å². The minimum absolute atomic E-state index is 0.0402. The lowest BCUT2D eigenvalue weighted by atomic mass is 10.1. The number of hydrogen-bond acceptors (Lipinski definition) is 4. The third kappa shape index (κ3) is 3.61. The molecule has 1 atom stereocenters. The van der Waals surface area contributed by atoms with Gasteiger partial charge in [0.25, 0.3) is 5.91 Å². The summed E-state index contributed by atoms with van der Waals surface area (Å²) in [6.07, 6.45) is 5.55. The van der Waals surface area contributed by atoms with Crippen LogP contribution in [0, 0.1) is 0 Å². The Kier molecular flexibility index (Phi) is 4.83. The molecular weight excluding hydrogens is 396 g/mol. The van der Waals surface area contributed by atoms with Crippen molar-refractivity contribution in [3.8, 4) is 11.3 Å². The molecule has 0 saturated heterocycles. The van der Waals surface area contributed by atoms with E-state index in [1.807, 2.05) is 37.3 Å². The van der Waals surface area contributed by atoms with Gasteiger partial charge in [-0.2, -0.15) is 0 Å². The fraction of sp³-hybridized carbons (Fsp3) is 0.261. The molecule has 2 N–H and O–H groups in total. The predicted molar refractivity (Wildman–Crippen MR) is 119 cm³/mol. The van der Waals surface area contributed by atoms with E-state index in [4.69, 9.17) is 4.98 Å². The van der Waals surface area contributed by atoms with Crippen LogP contribution in [0.1, 0.15) is 35.9 Å². The number of carbonyl (C=O) groups excluding carboxylic acids is 2. The molecule has 1 aromatic heterocycles. The zero-order chi connectivity index (χ0) is 20.7. The van der Waals surface area contributed by atoms with Crippen molar-refractivity contribution < 1.29 is 9.59 Å². The second kappa shape index (κ2) is 7.65. The van der Waals surface area contributed by atoms with E-state index in [1.165, 1.54) is 24.6 Å². The fourth-order valence-corrected chi connectivity index (χ4v) is 4.76. The number of anilines is 2. The number of rotatable bonds is 3. The zero-order valence-corrected chi connectivity index (χ0v) is 17.5. The number of benzene rings is 2. The Morgan fingerprint density at radius 3 is 2.83 bits per heavy atom. The van der Waals surface area contributed by atoms with Crippen LogP contribution in [0.25, 0.3) is 11.3 Å². The zero-order valence-electron chi connectivity index (χ0n) is 16.6. The molecule has 0 aliphatic carbocycles. The van der Waals surface area contributed by atoms with E-state index in [1.54, 1.807) is 12.1 Å². The Labute approximate surface area is 179 Å². The van der Waals surface area contributed by atoms with Gasteiger partial charge in [0.05, 0.1) is 16.6 Å². The molecule has 0 fully saturated rings. The van der Waals surface area contributed by atoms with E-state index in [0.717, 1.165) is 40.6 Å². The number of aromatic nitrogens is 2. The summed E-state index contributed by atoms with van der Waals surface area (Å²) in [4.78, 5) is 30.3. The van der Waals surface area contributed by atoms with Crippen molar-refractivity contribution in [3.63, 3.8) is 0 Å². The first-order valence-electron chi connectivity index (χ1n) is 10.2. The lowest BCUT2D eigenvalue weighted by Crippen LogP contribution is -2.26. The third-order valence-corrected chi connectivity index (χ3v) is 6.70. The summed E-state index contributed by atoms with van der Waals surface area (Å²) in [5.41, 5.74) is 3.93. The van der Waals surface area contributed by atoms with E-state index in [2.05, 4.69) is 21.4 Å². The Balaban J connectivity index is 1.30. The largest absolute Gasteiger partial charge is 0.334 e. The standard InChI is InChI=1S/C23H22N4O2S/c1-14-22(28)26-18-12-16(7-10-20(18)30-14)23(29)24-17-8-5-15(6-9-17)19-13-27-11-3-2-4-21(27)25-19/h5-10,12-14H,2-4,11H2,1H3,(H,24,29)(H,26,28)/t14-/m0/s1. The highest BCUT2D eigenvalue weighted by Gasteiger charge is 2.23. The SMILES string of the molecule is C[C@@H]1Sc2ccc(C(=O)Nc3ccc(-c4cn5c(n4)CCCC5)cc3)cc2NC1=O. The number of fused-ring (bicyclic) bond motifs is 2. The number of thioether (sulfide) groups is 1. The normalized spacial score (nSPS) is 17.6. The van der Waals surface area contributed by atoms with Crippen molar-refractivity contribution in [1.29, 1.82) is 0 Å². The maximum absolute atomic E-state index is 12.7. The van der Waals surface area contributed by atoms with Crippen molar-refractivity contribution in [2.24, 2.45) is 0 Å². The number of nitrogens with one attached hydrogen (secondary N) is 2. The Hall–Kier alpha value is -3.06. The van der Waals surface area contributed by atoms with Crippen LogP contribution in [-0.2, 0) is 17.8 Å². The number of hydrogen-bond donors (Lipinski definition) is 2. The van der Waals surface area contributed by atoms with Gasteiger partial charge in [0.2, 0.25) is 5.91 Å². The minimum Gasteiger partial charge on any atom is -0.334 e. The smallest absolute Gasteiger partial charge is 0.255 e. The molecule has 0 unspecified atom stereocenters. The first-order valence-corrected chi connectivity index (χ1v) is 11.0. The second-order valence-corrected chi connectivity index (χ2v) is 9.07. The molecule has 0 spiro atoms. The van der Waals surface area contributed by atoms with E-state index >= 15 is 0 Å². The summed E-state index contributed by atoms with van der Waals surface area (Å²) in [6.45, 7) is 2.90. The molecule has 2 aliphatic rings. The van der Waals surface area contributed by atoms with Crippen LogP contribution in [0.3, 0.4) is 0 Å². The highest BCUT2D eigenvalue weighted by Crippen LogP contribution is 2.36. The molecule has 30 heavy (non-hydrogen) atoms. The minimum atomic E-state index is -0.208.